The number of aliphatic carboxylic acids is 2. The van der Waals surface area contributed by atoms with E-state index in [1.165, 1.54) is 0 Å². The number of hydrogen-bond donors (Lipinski definition) is 1. The van der Waals surface area contributed by atoms with E-state index in [1.54, 1.807) is 0 Å². The summed E-state index contributed by atoms with van der Waals surface area (Å²) < 4.78 is 196. The molecule has 0 bridgehead atoms. The lowest BCUT2D eigenvalue weighted by atomic mass is 9.98. The van der Waals surface area contributed by atoms with Crippen molar-refractivity contribution in [3.05, 3.63) is 0 Å². The number of carboxylic acids is 2. The molecule has 0 aliphatic carbocycles. The van der Waals surface area contributed by atoms with Crippen LogP contribution in [0.25, 0.3) is 0 Å². The first-order valence-corrected chi connectivity index (χ1v) is 11.1. The van der Waals surface area contributed by atoms with Gasteiger partial charge in [-0.1, -0.05) is 0 Å². The van der Waals surface area contributed by atoms with E-state index in [0.29, 0.717) is 0 Å². The molecule has 0 aromatic carbocycles. The van der Waals surface area contributed by atoms with Crippen molar-refractivity contribution in [2.24, 2.45) is 0 Å². The molecule has 0 aliphatic heterocycles. The normalized spacial score (nSPS) is 15.2. The molecule has 0 spiro atoms. The van der Waals surface area contributed by atoms with E-state index in [4.69, 9.17) is 5.11 Å². The summed E-state index contributed by atoms with van der Waals surface area (Å²) in [5, 5.41) is 11.8. The maximum atomic E-state index is 14.3. The Bertz CT molecular complexity index is 983. The number of carbonyl (C=O) groups is 2. The third-order valence-electron chi connectivity index (χ3n) is 4.87. The predicted molar refractivity (Wildman–Crippen MR) is 95.0 cm³/mol. The minimum absolute atomic E-state index is 0.513. The van der Waals surface area contributed by atoms with Crippen molar-refractivity contribution in [1.82, 2.24) is 4.31 Å². The molecule has 0 heterocycles. The van der Waals surface area contributed by atoms with E-state index in [0.717, 1.165) is 14.1 Å². The van der Waals surface area contributed by atoms with Crippen LogP contribution >= 0.6 is 0 Å². The number of halogens is 13. The van der Waals surface area contributed by atoms with Crippen molar-refractivity contribution < 1.29 is 89.8 Å². The van der Waals surface area contributed by atoms with Crippen LogP contribution in [0.1, 0.15) is 12.8 Å². The molecule has 0 saturated heterocycles. The zero-order valence-electron chi connectivity index (χ0n) is 18.9. The lowest BCUT2D eigenvalue weighted by Gasteiger charge is -2.40. The second-order valence-corrected chi connectivity index (χ2v) is 10.4. The van der Waals surface area contributed by atoms with Crippen LogP contribution < -0.4 is 5.11 Å². The average molecular weight is 614 g/mol. The average Bonchev–Trinajstić information content (AvgIpc) is 2.67. The smallest absolute Gasteiger partial charge is 0.460 e. The topological polar surface area (TPSA) is 115 Å². The first-order chi connectivity index (χ1) is 16.4. The molecule has 0 rings (SSSR count). The molecule has 0 saturated carbocycles. The van der Waals surface area contributed by atoms with Gasteiger partial charge in [0.2, 0.25) is 0 Å². The number of carboxylic acid groups (broad SMARTS) is 2. The highest BCUT2D eigenvalue weighted by Crippen LogP contribution is 2.61. The Hall–Kier alpha value is -2.10. The van der Waals surface area contributed by atoms with Crippen molar-refractivity contribution in [3.8, 4) is 0 Å². The summed E-state index contributed by atoms with van der Waals surface area (Å²) in [5.74, 6) is -36.5. The van der Waals surface area contributed by atoms with Gasteiger partial charge < -0.3 is 19.5 Å². The number of hydrogen-bond acceptors (Lipinski definition) is 5. The third-order valence-corrected chi connectivity index (χ3v) is 6.82. The molecule has 0 atom stereocenters. The summed E-state index contributed by atoms with van der Waals surface area (Å²) in [5.41, 5.74) is 0. The second kappa shape index (κ2) is 10.8. The predicted octanol–water partition coefficient (Wildman–Crippen LogP) is 2.01. The van der Waals surface area contributed by atoms with Gasteiger partial charge in [-0.05, 0) is 0 Å². The zero-order chi connectivity index (χ0) is 31.0. The van der Waals surface area contributed by atoms with Crippen LogP contribution in [0.3, 0.4) is 0 Å². The molecule has 226 valence electrons. The lowest BCUT2D eigenvalue weighted by Crippen LogP contribution is -2.72. The van der Waals surface area contributed by atoms with Crippen molar-refractivity contribution >= 4 is 22.0 Å². The van der Waals surface area contributed by atoms with Gasteiger partial charge >= 0.3 is 41.1 Å². The SMILES string of the molecule is C[N+](C)(CCCN(CCC(=O)O)S(=O)(=O)C(F)(F)C(F)(F)C(F)(F)C(F)(F)C(F)(F)C(F)(F)F)CC(=O)[O-]. The van der Waals surface area contributed by atoms with Crippen LogP contribution in [0.4, 0.5) is 57.1 Å². The van der Waals surface area contributed by atoms with Gasteiger partial charge in [0.15, 0.2) is 0 Å². The van der Waals surface area contributed by atoms with Crippen LogP contribution in [0, 0.1) is 0 Å². The standard InChI is InChI=1S/C16H19F13N2O6S/c1-31(2,8-10(34)35)7-3-5-30(6-4-9(32)33)38(36,37)16(28,29)14(23,24)12(19,20)11(17,18)13(21,22)15(25,26)27/h3-8H2,1-2H3,(H-,32,33,34,35). The zero-order valence-corrected chi connectivity index (χ0v) is 19.8. The summed E-state index contributed by atoms with van der Waals surface area (Å²) in [6, 6.07) is 0. The Kier molecular flexibility index (Phi) is 10.2. The molecule has 0 radical (unpaired) electrons. The summed E-state index contributed by atoms with van der Waals surface area (Å²) in [6.45, 7) is -4.49. The summed E-state index contributed by atoms with van der Waals surface area (Å²) in [4.78, 5) is 21.3. The molecule has 0 fully saturated rings. The molecular weight excluding hydrogens is 595 g/mol. The summed E-state index contributed by atoms with van der Waals surface area (Å²) >= 11 is 0. The fourth-order valence-electron chi connectivity index (χ4n) is 2.76. The fourth-order valence-corrected chi connectivity index (χ4v) is 4.23. The number of carbonyl (C=O) groups excluding carboxylic acids is 1. The molecule has 0 aromatic rings. The monoisotopic (exact) mass is 614 g/mol. The van der Waals surface area contributed by atoms with E-state index in [9.17, 15) is 80.2 Å². The fraction of sp³-hybridized carbons (Fsp3) is 0.875. The number of quaternary nitrogens is 1. The van der Waals surface area contributed by atoms with Crippen molar-refractivity contribution in [2.45, 2.75) is 48.0 Å². The molecule has 1 N–H and O–H groups in total. The molecular formula is C16H19F13N2O6S. The highest BCUT2D eigenvalue weighted by atomic mass is 32.2. The maximum Gasteiger partial charge on any atom is 0.460 e. The Balaban J connectivity index is 6.56. The van der Waals surface area contributed by atoms with Gasteiger partial charge in [-0.2, -0.15) is 61.4 Å². The molecule has 8 nitrogen and oxygen atoms in total. The van der Waals surface area contributed by atoms with Gasteiger partial charge in [-0.15, -0.1) is 0 Å². The molecule has 0 aromatic heterocycles. The maximum absolute atomic E-state index is 14.3. The van der Waals surface area contributed by atoms with Gasteiger partial charge in [0.1, 0.15) is 6.54 Å². The first-order valence-electron chi connectivity index (χ1n) is 9.63. The van der Waals surface area contributed by atoms with Gasteiger partial charge in [0.05, 0.1) is 33.0 Å². The Labute approximate surface area is 205 Å². The minimum Gasteiger partial charge on any atom is -0.544 e. The largest absolute Gasteiger partial charge is 0.544 e. The van der Waals surface area contributed by atoms with Crippen LogP contribution in [-0.4, -0.2) is 110 Å². The summed E-state index contributed by atoms with van der Waals surface area (Å²) in [7, 11) is -5.13. The van der Waals surface area contributed by atoms with Crippen LogP contribution in [0.15, 0.2) is 0 Å². The number of rotatable bonds is 15. The molecule has 22 heteroatoms. The number of alkyl halides is 13. The second-order valence-electron chi connectivity index (χ2n) is 8.40. The highest BCUT2D eigenvalue weighted by molar-refractivity contribution is 7.90. The third kappa shape index (κ3) is 6.54. The minimum atomic E-state index is -8.36. The van der Waals surface area contributed by atoms with E-state index in [2.05, 4.69) is 0 Å². The van der Waals surface area contributed by atoms with Gasteiger partial charge in [0, 0.05) is 19.5 Å². The van der Waals surface area contributed by atoms with Gasteiger partial charge in [0.25, 0.3) is 10.0 Å². The summed E-state index contributed by atoms with van der Waals surface area (Å²) in [6.07, 6.45) is -9.97. The quantitative estimate of drug-likeness (QED) is 0.223. The Morgan fingerprint density at radius 1 is 0.789 bits per heavy atom. The van der Waals surface area contributed by atoms with E-state index < -0.39 is 105 Å². The Morgan fingerprint density at radius 2 is 1.21 bits per heavy atom. The molecule has 0 aliphatic rings. The number of likely N-dealkylation sites (N-methyl/N-ethyl adjacent to an activating group) is 1. The van der Waals surface area contributed by atoms with E-state index >= 15 is 0 Å². The molecule has 0 amide bonds. The van der Waals surface area contributed by atoms with Crippen LogP contribution in [-0.2, 0) is 19.6 Å². The van der Waals surface area contributed by atoms with E-state index in [1.807, 2.05) is 0 Å². The van der Waals surface area contributed by atoms with E-state index in [-0.39, 0.29) is 0 Å². The van der Waals surface area contributed by atoms with Crippen LogP contribution in [0.5, 0.6) is 0 Å². The highest BCUT2D eigenvalue weighted by Gasteiger charge is 2.92. The van der Waals surface area contributed by atoms with Gasteiger partial charge in [-0.25, -0.2) is 8.42 Å². The molecule has 38 heavy (non-hydrogen) atoms. The van der Waals surface area contributed by atoms with Crippen molar-refractivity contribution in [2.75, 3.05) is 40.3 Å². The lowest BCUT2D eigenvalue weighted by molar-refractivity contribution is -0.884. The number of sulfonamides is 1. The Morgan fingerprint density at radius 3 is 1.58 bits per heavy atom. The molecule has 0 unspecified atom stereocenters. The van der Waals surface area contributed by atoms with Crippen molar-refractivity contribution in [3.63, 3.8) is 0 Å². The number of nitrogens with zero attached hydrogens (tertiary/aromatic N) is 2. The van der Waals surface area contributed by atoms with Crippen LogP contribution in [0.2, 0.25) is 0 Å². The van der Waals surface area contributed by atoms with Crippen molar-refractivity contribution in [1.29, 1.82) is 0 Å². The van der Waals surface area contributed by atoms with Gasteiger partial charge in [-0.3, -0.25) is 4.79 Å². The first kappa shape index (κ1) is 35.9.